The number of nitrogens with zero attached hydrogens (tertiary/aromatic N) is 1. The molecule has 0 radical (unpaired) electrons. The fraction of sp³-hybridized carbons (Fsp3) is 0.0508. The molecule has 9 aromatic carbocycles. The second-order valence-corrected chi connectivity index (χ2v) is 15.8. The molecule has 0 aliphatic rings. The van der Waals surface area contributed by atoms with Crippen LogP contribution in [0.3, 0.4) is 0 Å². The first-order valence-corrected chi connectivity index (χ1v) is 21.0. The first-order valence-electron chi connectivity index (χ1n) is 21.0. The molecule has 0 fully saturated rings. The Morgan fingerprint density at radius 3 is 1.77 bits per heavy atom. The van der Waals surface area contributed by atoms with E-state index in [1.165, 1.54) is 65.7 Å². The van der Waals surface area contributed by atoms with Crippen molar-refractivity contribution in [2.45, 2.75) is 20.8 Å². The average Bonchev–Trinajstić information content (AvgIpc) is 3.68. The van der Waals surface area contributed by atoms with Gasteiger partial charge in [0.15, 0.2) is 0 Å². The maximum absolute atomic E-state index is 6.45. The minimum absolute atomic E-state index is 0.823. The number of furan rings is 1. The molecule has 2 heteroatoms. The highest BCUT2D eigenvalue weighted by Gasteiger charge is 2.17. The minimum Gasteiger partial charge on any atom is -0.455 e. The van der Waals surface area contributed by atoms with E-state index in [9.17, 15) is 0 Å². The molecule has 0 aliphatic carbocycles. The molecule has 0 amide bonds. The molecular formula is C59H45NO. The van der Waals surface area contributed by atoms with Crippen LogP contribution >= 0.6 is 0 Å². The van der Waals surface area contributed by atoms with Gasteiger partial charge in [0.2, 0.25) is 0 Å². The predicted molar refractivity (Wildman–Crippen MR) is 264 cm³/mol. The van der Waals surface area contributed by atoms with E-state index in [4.69, 9.17) is 4.42 Å². The van der Waals surface area contributed by atoms with Crippen LogP contribution in [0.2, 0.25) is 0 Å². The number of anilines is 3. The fourth-order valence-corrected chi connectivity index (χ4v) is 8.86. The summed E-state index contributed by atoms with van der Waals surface area (Å²) in [6.45, 7) is 10.5. The van der Waals surface area contributed by atoms with E-state index in [1.54, 1.807) is 0 Å². The number of hydrogen-bond donors (Lipinski definition) is 0. The molecule has 0 atom stereocenters. The van der Waals surface area contributed by atoms with E-state index >= 15 is 0 Å². The van der Waals surface area contributed by atoms with Gasteiger partial charge in [0.25, 0.3) is 0 Å². The van der Waals surface area contributed by atoms with Gasteiger partial charge in [0.1, 0.15) is 11.3 Å². The molecule has 0 unspecified atom stereocenters. The third-order valence-corrected chi connectivity index (χ3v) is 12.1. The summed E-state index contributed by atoms with van der Waals surface area (Å²) in [5.41, 5.74) is 14.6. The first-order chi connectivity index (χ1) is 30.0. The zero-order valence-electron chi connectivity index (χ0n) is 34.7. The normalized spacial score (nSPS) is 12.0. The molecule has 0 spiro atoms. The Bertz CT molecular complexity index is 3320. The van der Waals surface area contributed by atoms with Crippen molar-refractivity contribution < 1.29 is 4.42 Å². The summed E-state index contributed by atoms with van der Waals surface area (Å²) < 4.78 is 6.45. The Balaban J connectivity index is 1.04. The van der Waals surface area contributed by atoms with Gasteiger partial charge >= 0.3 is 0 Å². The van der Waals surface area contributed by atoms with Crippen LogP contribution in [0.1, 0.15) is 41.9 Å². The van der Waals surface area contributed by atoms with Crippen LogP contribution in [0.25, 0.3) is 89.3 Å². The maximum Gasteiger partial charge on any atom is 0.143 e. The molecule has 0 saturated heterocycles. The highest BCUT2D eigenvalue weighted by Crippen LogP contribution is 2.40. The first kappa shape index (κ1) is 37.6. The van der Waals surface area contributed by atoms with E-state index in [0.29, 0.717) is 0 Å². The Kier molecular flexibility index (Phi) is 9.75. The van der Waals surface area contributed by atoms with Crippen LogP contribution in [-0.2, 0) is 0 Å². The van der Waals surface area contributed by atoms with Crippen LogP contribution in [0.15, 0.2) is 199 Å². The van der Waals surface area contributed by atoms with E-state index < -0.39 is 0 Å². The predicted octanol–water partition coefficient (Wildman–Crippen LogP) is 17.2. The second kappa shape index (κ2) is 15.8. The smallest absolute Gasteiger partial charge is 0.143 e. The van der Waals surface area contributed by atoms with E-state index in [0.717, 1.165) is 50.5 Å². The van der Waals surface area contributed by atoms with Crippen molar-refractivity contribution in [3.05, 3.63) is 223 Å². The molecule has 0 saturated carbocycles. The van der Waals surface area contributed by atoms with Gasteiger partial charge in [-0.15, -0.1) is 0 Å². The van der Waals surface area contributed by atoms with E-state index in [1.807, 2.05) is 25.2 Å². The zero-order valence-corrected chi connectivity index (χ0v) is 34.7. The lowest BCUT2D eigenvalue weighted by Gasteiger charge is -2.26. The van der Waals surface area contributed by atoms with Crippen LogP contribution in [0.4, 0.5) is 17.1 Å². The summed E-state index contributed by atoms with van der Waals surface area (Å²) in [4.78, 5) is 2.34. The Labute approximate surface area is 357 Å². The molecule has 10 rings (SSSR count). The summed E-state index contributed by atoms with van der Waals surface area (Å²) >= 11 is 0. The summed E-state index contributed by atoms with van der Waals surface area (Å²) in [5.74, 6) is 0.823. The highest BCUT2D eigenvalue weighted by molar-refractivity contribution is 6.09. The van der Waals surface area contributed by atoms with Crippen molar-refractivity contribution in [1.82, 2.24) is 0 Å². The van der Waals surface area contributed by atoms with Crippen molar-refractivity contribution in [3.63, 3.8) is 0 Å². The average molecular weight is 784 g/mol. The van der Waals surface area contributed by atoms with Crippen molar-refractivity contribution >= 4 is 84.1 Å². The lowest BCUT2D eigenvalue weighted by molar-refractivity contribution is 0.604. The van der Waals surface area contributed by atoms with Crippen LogP contribution in [0, 0.1) is 6.92 Å². The molecule has 61 heavy (non-hydrogen) atoms. The Morgan fingerprint density at radius 1 is 0.525 bits per heavy atom. The number of benzene rings is 9. The van der Waals surface area contributed by atoms with Gasteiger partial charge in [-0.3, -0.25) is 0 Å². The largest absolute Gasteiger partial charge is 0.455 e. The van der Waals surface area contributed by atoms with Crippen molar-refractivity contribution in [2.75, 3.05) is 4.90 Å². The third-order valence-electron chi connectivity index (χ3n) is 12.1. The van der Waals surface area contributed by atoms with Gasteiger partial charge in [-0.1, -0.05) is 164 Å². The number of hydrogen-bond acceptors (Lipinski definition) is 2. The third kappa shape index (κ3) is 6.92. The molecule has 1 aromatic heterocycles. The van der Waals surface area contributed by atoms with Gasteiger partial charge < -0.3 is 9.32 Å². The Hall–Kier alpha value is -7.68. The SMILES string of the molecule is C=Cc1c(/C=C\C)oc2c(-c3ccc(N(c4ccc(/C(C)=C/c5c(C)ccc6ccccc56)cc4)c4ccc(-c5ccc6ccc7ccccc7c6c5)cc4)cc3)cccc12. The second-order valence-electron chi connectivity index (χ2n) is 15.8. The van der Waals surface area contributed by atoms with Crippen LogP contribution in [0.5, 0.6) is 0 Å². The fourth-order valence-electron chi connectivity index (χ4n) is 8.86. The summed E-state index contributed by atoms with van der Waals surface area (Å²) in [6.07, 6.45) is 8.21. The van der Waals surface area contributed by atoms with E-state index in [-0.39, 0.29) is 0 Å². The lowest BCUT2D eigenvalue weighted by atomic mass is 9.96. The number of allylic oxidation sites excluding steroid dienone is 2. The van der Waals surface area contributed by atoms with E-state index in [2.05, 4.69) is 213 Å². The number of fused-ring (bicyclic) bond motifs is 5. The Morgan fingerprint density at radius 2 is 1.08 bits per heavy atom. The number of para-hydroxylation sites is 1. The van der Waals surface area contributed by atoms with Crippen molar-refractivity contribution in [3.8, 4) is 22.3 Å². The van der Waals surface area contributed by atoms with Gasteiger partial charge in [-0.05, 0) is 141 Å². The molecule has 292 valence electrons. The van der Waals surface area contributed by atoms with Crippen LogP contribution in [-0.4, -0.2) is 0 Å². The van der Waals surface area contributed by atoms with Gasteiger partial charge in [0, 0.05) is 33.6 Å². The van der Waals surface area contributed by atoms with Crippen molar-refractivity contribution in [1.29, 1.82) is 0 Å². The molecular weight excluding hydrogens is 739 g/mol. The standard InChI is InChI=1S/C59H45NO/c1-5-12-58-51(6-2)55-18-11-17-54(59(55)61-58)45-29-35-50(36-30-45)60(48-31-25-41(26-32-48)40(4)37-56-39(3)19-20-43-13-7-9-15-52(43)56)49-33-27-42(28-34-49)47-24-23-46-22-21-44-14-8-10-16-53(44)57(46)38-47/h5-38H,2H2,1,3-4H3/b12-5-,40-37+. The highest BCUT2D eigenvalue weighted by atomic mass is 16.3. The molecule has 10 aromatic rings. The molecule has 0 aliphatic heterocycles. The lowest BCUT2D eigenvalue weighted by Crippen LogP contribution is -2.09. The summed E-state index contributed by atoms with van der Waals surface area (Å²) in [6, 6.07) is 66.0. The van der Waals surface area contributed by atoms with Gasteiger partial charge in [-0.25, -0.2) is 0 Å². The van der Waals surface area contributed by atoms with Crippen molar-refractivity contribution in [2.24, 2.45) is 0 Å². The zero-order chi connectivity index (χ0) is 41.5. The minimum atomic E-state index is 0.823. The summed E-state index contributed by atoms with van der Waals surface area (Å²) in [7, 11) is 0. The number of rotatable bonds is 9. The van der Waals surface area contributed by atoms with Crippen LogP contribution < -0.4 is 4.90 Å². The molecule has 1 heterocycles. The molecule has 0 bridgehead atoms. The quantitative estimate of drug-likeness (QED) is 0.107. The molecule has 0 N–H and O–H groups in total. The van der Waals surface area contributed by atoms with Gasteiger partial charge in [0.05, 0.1) is 0 Å². The number of aryl methyl sites for hydroxylation is 1. The topological polar surface area (TPSA) is 16.4 Å². The monoisotopic (exact) mass is 783 g/mol. The molecule has 2 nitrogen and oxygen atoms in total. The van der Waals surface area contributed by atoms with Gasteiger partial charge in [-0.2, -0.15) is 0 Å². The summed E-state index contributed by atoms with van der Waals surface area (Å²) in [5, 5.41) is 8.64. The maximum atomic E-state index is 6.45.